The third kappa shape index (κ3) is 2.84. The molecule has 0 radical (unpaired) electrons. The number of carbonyl (C=O) groups excluding carboxylic acids is 1. The molecule has 0 bridgehead atoms. The number of hydrogen-bond acceptors (Lipinski definition) is 3. The van der Waals surface area contributed by atoms with Crippen LogP contribution < -0.4 is 5.32 Å². The molecule has 0 saturated carbocycles. The second kappa shape index (κ2) is 6.12. The monoisotopic (exact) mass is 316 g/mol. The molecule has 2 aromatic heterocycles. The summed E-state index contributed by atoms with van der Waals surface area (Å²) in [5, 5.41) is 3.99. The van der Waals surface area contributed by atoms with Gasteiger partial charge in [-0.25, -0.2) is 4.98 Å². The van der Waals surface area contributed by atoms with Crippen molar-refractivity contribution in [2.24, 2.45) is 0 Å². The van der Waals surface area contributed by atoms with Crippen LogP contribution in [0, 0.1) is 0 Å². The Morgan fingerprint density at radius 1 is 1.04 bits per heavy atom. The normalized spacial score (nSPS) is 11.0. The highest BCUT2D eigenvalue weighted by molar-refractivity contribution is 5.88. The van der Waals surface area contributed by atoms with Gasteiger partial charge in [0.05, 0.1) is 35.9 Å². The van der Waals surface area contributed by atoms with Crippen LogP contribution in [-0.2, 0) is 17.8 Å². The van der Waals surface area contributed by atoms with Crippen LogP contribution in [-0.4, -0.2) is 20.9 Å². The lowest BCUT2D eigenvalue weighted by molar-refractivity contribution is -0.120. The lowest BCUT2D eigenvalue weighted by atomic mass is 10.1. The molecule has 0 saturated heterocycles. The van der Waals surface area contributed by atoms with Gasteiger partial charge in [0, 0.05) is 17.1 Å². The molecule has 2 N–H and O–H groups in total. The quantitative estimate of drug-likeness (QED) is 0.608. The molecule has 0 spiro atoms. The molecule has 5 nitrogen and oxygen atoms in total. The highest BCUT2D eigenvalue weighted by atomic mass is 16.1. The van der Waals surface area contributed by atoms with Crippen molar-refractivity contribution in [3.05, 3.63) is 72.2 Å². The summed E-state index contributed by atoms with van der Waals surface area (Å²) >= 11 is 0. The summed E-state index contributed by atoms with van der Waals surface area (Å²) in [6, 6.07) is 15.7. The molecule has 1 amide bonds. The number of benzene rings is 2. The van der Waals surface area contributed by atoms with Crippen molar-refractivity contribution >= 4 is 27.8 Å². The second-order valence-corrected chi connectivity index (χ2v) is 5.66. The molecule has 0 aliphatic carbocycles. The molecule has 0 aliphatic rings. The first-order chi connectivity index (χ1) is 11.8. The van der Waals surface area contributed by atoms with Gasteiger partial charge < -0.3 is 10.3 Å². The third-order valence-corrected chi connectivity index (χ3v) is 3.99. The van der Waals surface area contributed by atoms with Gasteiger partial charge in [-0.15, -0.1) is 0 Å². The van der Waals surface area contributed by atoms with Gasteiger partial charge >= 0.3 is 0 Å². The van der Waals surface area contributed by atoms with E-state index >= 15 is 0 Å². The van der Waals surface area contributed by atoms with Crippen molar-refractivity contribution in [2.75, 3.05) is 0 Å². The Balaban J connectivity index is 1.44. The average Bonchev–Trinajstić information content (AvgIpc) is 3.03. The van der Waals surface area contributed by atoms with Crippen LogP contribution in [0.1, 0.15) is 11.3 Å². The Kier molecular flexibility index (Phi) is 3.67. The molecule has 2 aromatic carbocycles. The van der Waals surface area contributed by atoms with Gasteiger partial charge in [0.1, 0.15) is 0 Å². The number of nitrogens with one attached hydrogen (secondary N) is 2. The van der Waals surface area contributed by atoms with Gasteiger partial charge in [-0.3, -0.25) is 9.78 Å². The van der Waals surface area contributed by atoms with E-state index in [4.69, 9.17) is 0 Å². The van der Waals surface area contributed by atoms with E-state index in [-0.39, 0.29) is 5.91 Å². The average molecular weight is 316 g/mol. The Morgan fingerprint density at radius 2 is 1.83 bits per heavy atom. The van der Waals surface area contributed by atoms with Crippen LogP contribution in [0.4, 0.5) is 0 Å². The summed E-state index contributed by atoms with van der Waals surface area (Å²) in [6.45, 7) is 0.374. The predicted molar refractivity (Wildman–Crippen MR) is 93.4 cm³/mol. The molecule has 5 heteroatoms. The Bertz CT molecular complexity index is 1020. The lowest BCUT2D eigenvalue weighted by Gasteiger charge is -2.05. The smallest absolute Gasteiger partial charge is 0.224 e. The Hall–Kier alpha value is -3.21. The zero-order valence-corrected chi connectivity index (χ0v) is 13.0. The maximum absolute atomic E-state index is 12.2. The summed E-state index contributed by atoms with van der Waals surface area (Å²) in [4.78, 5) is 24.3. The van der Waals surface area contributed by atoms with Crippen LogP contribution in [0.3, 0.4) is 0 Å². The Morgan fingerprint density at radius 3 is 2.75 bits per heavy atom. The standard InChI is InChI=1S/C19H16N4O/c24-19(9-13-10-20-16-6-2-1-5-15(13)16)22-12-14-11-21-17-7-3-4-8-18(17)23-14/h1-8,10-11,20H,9,12H2,(H,22,24). The minimum absolute atomic E-state index is 0.0327. The Labute approximate surface area is 138 Å². The maximum atomic E-state index is 12.2. The van der Waals surface area contributed by atoms with Crippen LogP contribution in [0.15, 0.2) is 60.9 Å². The fourth-order valence-electron chi connectivity index (χ4n) is 2.78. The zero-order valence-electron chi connectivity index (χ0n) is 13.0. The van der Waals surface area contributed by atoms with Crippen molar-refractivity contribution < 1.29 is 4.79 Å². The molecule has 118 valence electrons. The fourth-order valence-corrected chi connectivity index (χ4v) is 2.78. The van der Waals surface area contributed by atoms with E-state index in [2.05, 4.69) is 20.3 Å². The molecule has 4 rings (SSSR count). The van der Waals surface area contributed by atoms with E-state index in [0.29, 0.717) is 13.0 Å². The summed E-state index contributed by atoms with van der Waals surface area (Å²) < 4.78 is 0. The number of para-hydroxylation sites is 3. The van der Waals surface area contributed by atoms with Crippen molar-refractivity contribution in [1.82, 2.24) is 20.3 Å². The second-order valence-electron chi connectivity index (χ2n) is 5.66. The molecule has 0 aliphatic heterocycles. The number of H-pyrrole nitrogens is 1. The van der Waals surface area contributed by atoms with Gasteiger partial charge in [-0.2, -0.15) is 0 Å². The highest BCUT2D eigenvalue weighted by Crippen LogP contribution is 2.18. The maximum Gasteiger partial charge on any atom is 0.224 e. The first-order valence-electron chi connectivity index (χ1n) is 7.82. The first kappa shape index (κ1) is 14.4. The van der Waals surface area contributed by atoms with Crippen LogP contribution >= 0.6 is 0 Å². The molecule has 4 aromatic rings. The minimum atomic E-state index is -0.0327. The predicted octanol–water partition coefficient (Wildman–Crippen LogP) is 2.97. The van der Waals surface area contributed by atoms with E-state index in [1.54, 1.807) is 6.20 Å². The highest BCUT2D eigenvalue weighted by Gasteiger charge is 2.09. The van der Waals surface area contributed by atoms with Crippen molar-refractivity contribution in [3.8, 4) is 0 Å². The van der Waals surface area contributed by atoms with Crippen LogP contribution in [0.25, 0.3) is 21.9 Å². The third-order valence-electron chi connectivity index (χ3n) is 3.99. The molecule has 24 heavy (non-hydrogen) atoms. The van der Waals surface area contributed by atoms with Gasteiger partial charge in [0.25, 0.3) is 0 Å². The van der Waals surface area contributed by atoms with Gasteiger partial charge in [-0.05, 0) is 23.8 Å². The molecule has 0 fully saturated rings. The van der Waals surface area contributed by atoms with E-state index in [1.165, 1.54) is 0 Å². The number of nitrogens with zero attached hydrogens (tertiary/aromatic N) is 2. The van der Waals surface area contributed by atoms with Crippen LogP contribution in [0.5, 0.6) is 0 Å². The number of aromatic amines is 1. The number of hydrogen-bond donors (Lipinski definition) is 2. The van der Waals surface area contributed by atoms with Crippen molar-refractivity contribution in [2.45, 2.75) is 13.0 Å². The number of aromatic nitrogens is 3. The number of carbonyl (C=O) groups is 1. The zero-order chi connectivity index (χ0) is 16.4. The summed E-state index contributed by atoms with van der Waals surface area (Å²) in [5.74, 6) is -0.0327. The lowest BCUT2D eigenvalue weighted by Crippen LogP contribution is -2.25. The van der Waals surface area contributed by atoms with E-state index in [9.17, 15) is 4.79 Å². The number of rotatable bonds is 4. The van der Waals surface area contributed by atoms with E-state index in [1.807, 2.05) is 54.7 Å². The molecule has 0 unspecified atom stereocenters. The van der Waals surface area contributed by atoms with E-state index in [0.717, 1.165) is 33.2 Å². The summed E-state index contributed by atoms with van der Waals surface area (Å²) in [6.07, 6.45) is 3.93. The SMILES string of the molecule is O=C(Cc1c[nH]c2ccccc12)NCc1cnc2ccccc2n1. The van der Waals surface area contributed by atoms with Gasteiger partial charge in [0.2, 0.25) is 5.91 Å². The van der Waals surface area contributed by atoms with Crippen LogP contribution in [0.2, 0.25) is 0 Å². The topological polar surface area (TPSA) is 70.7 Å². The molecular weight excluding hydrogens is 300 g/mol. The fraction of sp³-hybridized carbons (Fsp3) is 0.105. The molecular formula is C19H16N4O. The number of amides is 1. The van der Waals surface area contributed by atoms with Gasteiger partial charge in [0.15, 0.2) is 0 Å². The first-order valence-corrected chi connectivity index (χ1v) is 7.82. The summed E-state index contributed by atoms with van der Waals surface area (Å²) in [7, 11) is 0. The number of fused-ring (bicyclic) bond motifs is 2. The minimum Gasteiger partial charge on any atom is -0.361 e. The summed E-state index contributed by atoms with van der Waals surface area (Å²) in [5.41, 5.74) is 4.47. The largest absolute Gasteiger partial charge is 0.361 e. The van der Waals surface area contributed by atoms with Crippen molar-refractivity contribution in [1.29, 1.82) is 0 Å². The molecule has 2 heterocycles. The molecule has 0 atom stereocenters. The van der Waals surface area contributed by atoms with Gasteiger partial charge in [-0.1, -0.05) is 30.3 Å². The van der Waals surface area contributed by atoms with Crippen molar-refractivity contribution in [3.63, 3.8) is 0 Å². The van der Waals surface area contributed by atoms with E-state index < -0.39 is 0 Å².